The van der Waals surface area contributed by atoms with Crippen LogP contribution in [0.1, 0.15) is 64.7 Å². The van der Waals surface area contributed by atoms with Gasteiger partial charge < -0.3 is 10.1 Å². The van der Waals surface area contributed by atoms with Gasteiger partial charge in [-0.25, -0.2) is 0 Å². The lowest BCUT2D eigenvalue weighted by molar-refractivity contribution is -0.134. The number of morpholine rings is 1. The van der Waals surface area contributed by atoms with E-state index in [9.17, 15) is 0 Å². The summed E-state index contributed by atoms with van der Waals surface area (Å²) in [5.41, 5.74) is 0.557. The summed E-state index contributed by atoms with van der Waals surface area (Å²) in [4.78, 5) is 0. The van der Waals surface area contributed by atoms with E-state index >= 15 is 0 Å². The highest BCUT2D eigenvalue weighted by Crippen LogP contribution is 2.39. The van der Waals surface area contributed by atoms with Gasteiger partial charge in [-0.3, -0.25) is 0 Å². The Bertz CT molecular complexity index is 250. The van der Waals surface area contributed by atoms with Crippen molar-refractivity contribution in [2.45, 2.75) is 75.9 Å². The van der Waals surface area contributed by atoms with Crippen LogP contribution >= 0.6 is 0 Å². The molecule has 3 fully saturated rings. The molecular formula is C15H27NO. The third-order valence-corrected chi connectivity index (χ3v) is 5.44. The van der Waals surface area contributed by atoms with Gasteiger partial charge >= 0.3 is 0 Å². The Kier molecular flexibility index (Phi) is 3.20. The predicted molar refractivity (Wildman–Crippen MR) is 70.1 cm³/mol. The van der Waals surface area contributed by atoms with Gasteiger partial charge in [0.05, 0.1) is 12.2 Å². The van der Waals surface area contributed by atoms with E-state index in [-0.39, 0.29) is 5.60 Å². The minimum atomic E-state index is 0.215. The highest BCUT2D eigenvalue weighted by molar-refractivity contribution is 5.00. The molecule has 3 rings (SSSR count). The fraction of sp³-hybridized carbons (Fsp3) is 1.00. The van der Waals surface area contributed by atoms with Gasteiger partial charge in [0.15, 0.2) is 0 Å². The predicted octanol–water partition coefficient (Wildman–Crippen LogP) is 3.26. The summed E-state index contributed by atoms with van der Waals surface area (Å²) in [6.07, 6.45) is 12.1. The van der Waals surface area contributed by atoms with Gasteiger partial charge in [0.25, 0.3) is 0 Å². The average Bonchev–Trinajstić information content (AvgIpc) is 2.38. The van der Waals surface area contributed by atoms with Crippen LogP contribution in [0.3, 0.4) is 0 Å². The van der Waals surface area contributed by atoms with Crippen molar-refractivity contribution in [3.63, 3.8) is 0 Å². The molecule has 3 aliphatic rings. The van der Waals surface area contributed by atoms with Crippen LogP contribution in [0.15, 0.2) is 0 Å². The van der Waals surface area contributed by atoms with E-state index in [0.717, 1.165) is 19.1 Å². The first-order valence-electron chi connectivity index (χ1n) is 7.61. The van der Waals surface area contributed by atoms with Gasteiger partial charge in [-0.1, -0.05) is 26.2 Å². The number of ether oxygens (including phenoxy) is 1. The molecule has 1 N–H and O–H groups in total. The van der Waals surface area contributed by atoms with E-state index in [4.69, 9.17) is 4.74 Å². The lowest BCUT2D eigenvalue weighted by atomic mass is 9.74. The number of rotatable bonds is 0. The van der Waals surface area contributed by atoms with Gasteiger partial charge in [-0.05, 0) is 44.4 Å². The second-order valence-electron chi connectivity index (χ2n) is 6.85. The summed E-state index contributed by atoms with van der Waals surface area (Å²) < 4.78 is 6.37. The Balaban J connectivity index is 1.59. The molecule has 0 aromatic carbocycles. The van der Waals surface area contributed by atoms with Crippen molar-refractivity contribution in [3.05, 3.63) is 0 Å². The van der Waals surface area contributed by atoms with Crippen molar-refractivity contribution in [2.75, 3.05) is 13.2 Å². The van der Waals surface area contributed by atoms with Gasteiger partial charge in [0.1, 0.15) is 0 Å². The zero-order valence-electron chi connectivity index (χ0n) is 11.3. The van der Waals surface area contributed by atoms with Crippen molar-refractivity contribution >= 4 is 0 Å². The summed E-state index contributed by atoms with van der Waals surface area (Å²) in [6, 6.07) is 0. The van der Waals surface area contributed by atoms with Crippen molar-refractivity contribution in [3.8, 4) is 0 Å². The zero-order chi connectivity index (χ0) is 11.8. The quantitative estimate of drug-likeness (QED) is 0.698. The average molecular weight is 237 g/mol. The molecule has 98 valence electrons. The molecule has 2 aliphatic carbocycles. The summed E-state index contributed by atoms with van der Waals surface area (Å²) in [5.74, 6) is 0.924. The van der Waals surface area contributed by atoms with Crippen LogP contribution in [0.2, 0.25) is 0 Å². The van der Waals surface area contributed by atoms with Gasteiger partial charge in [-0.2, -0.15) is 0 Å². The second kappa shape index (κ2) is 4.55. The first-order valence-corrected chi connectivity index (χ1v) is 7.61. The SMILES string of the molecule is CC1CCC2(CC1)COC1(CCCCC1)CN2. The van der Waals surface area contributed by atoms with E-state index in [1.807, 2.05) is 0 Å². The zero-order valence-corrected chi connectivity index (χ0v) is 11.3. The van der Waals surface area contributed by atoms with E-state index in [1.165, 1.54) is 57.8 Å². The van der Waals surface area contributed by atoms with E-state index in [2.05, 4.69) is 12.2 Å². The molecule has 0 aromatic heterocycles. The molecule has 0 amide bonds. The van der Waals surface area contributed by atoms with Crippen LogP contribution in [0.5, 0.6) is 0 Å². The molecule has 2 nitrogen and oxygen atoms in total. The lowest BCUT2D eigenvalue weighted by Crippen LogP contribution is -2.63. The monoisotopic (exact) mass is 237 g/mol. The van der Waals surface area contributed by atoms with Gasteiger partial charge in [-0.15, -0.1) is 0 Å². The summed E-state index contributed by atoms with van der Waals surface area (Å²) in [5, 5.41) is 3.89. The van der Waals surface area contributed by atoms with Crippen LogP contribution in [0.25, 0.3) is 0 Å². The lowest BCUT2D eigenvalue weighted by Gasteiger charge is -2.51. The molecule has 0 bridgehead atoms. The highest BCUT2D eigenvalue weighted by Gasteiger charge is 2.44. The van der Waals surface area contributed by atoms with E-state index < -0.39 is 0 Å². The standard InChI is InChI=1S/C15H27NO/c1-13-5-9-14(10-6-13)12-17-15(11-16-14)7-3-2-4-8-15/h13,16H,2-12H2,1H3. The maximum absolute atomic E-state index is 6.37. The number of hydrogen-bond acceptors (Lipinski definition) is 2. The molecule has 1 aliphatic heterocycles. The van der Waals surface area contributed by atoms with E-state index in [1.54, 1.807) is 0 Å². The highest BCUT2D eigenvalue weighted by atomic mass is 16.5. The molecule has 0 aromatic rings. The first kappa shape index (κ1) is 12.0. The maximum Gasteiger partial charge on any atom is 0.0807 e. The van der Waals surface area contributed by atoms with Crippen molar-refractivity contribution < 1.29 is 4.74 Å². The third kappa shape index (κ3) is 2.39. The Labute approximate surface area is 105 Å². The normalized spacial score (nSPS) is 41.8. The minimum Gasteiger partial charge on any atom is -0.372 e. The maximum atomic E-state index is 6.37. The fourth-order valence-corrected chi connectivity index (χ4v) is 3.89. The van der Waals surface area contributed by atoms with Crippen LogP contribution in [-0.4, -0.2) is 24.3 Å². The van der Waals surface area contributed by atoms with Gasteiger partial charge in [0, 0.05) is 12.1 Å². The first-order chi connectivity index (χ1) is 8.22. The topological polar surface area (TPSA) is 21.3 Å². The smallest absolute Gasteiger partial charge is 0.0807 e. The van der Waals surface area contributed by atoms with Crippen molar-refractivity contribution in [1.82, 2.24) is 5.32 Å². The molecule has 17 heavy (non-hydrogen) atoms. The minimum absolute atomic E-state index is 0.215. The fourth-order valence-electron chi connectivity index (χ4n) is 3.89. The molecule has 0 radical (unpaired) electrons. The Morgan fingerprint density at radius 3 is 2.29 bits per heavy atom. The molecule has 2 heteroatoms. The van der Waals surface area contributed by atoms with E-state index in [0.29, 0.717) is 5.54 Å². The number of nitrogens with one attached hydrogen (secondary N) is 1. The summed E-state index contributed by atoms with van der Waals surface area (Å²) in [6.45, 7) is 4.47. The summed E-state index contributed by atoms with van der Waals surface area (Å²) in [7, 11) is 0. The van der Waals surface area contributed by atoms with Crippen LogP contribution < -0.4 is 5.32 Å². The summed E-state index contributed by atoms with van der Waals surface area (Å²) >= 11 is 0. The van der Waals surface area contributed by atoms with Crippen LogP contribution in [0.4, 0.5) is 0 Å². The van der Waals surface area contributed by atoms with Crippen molar-refractivity contribution in [1.29, 1.82) is 0 Å². The third-order valence-electron chi connectivity index (χ3n) is 5.44. The van der Waals surface area contributed by atoms with Crippen LogP contribution in [0, 0.1) is 5.92 Å². The Morgan fingerprint density at radius 1 is 1.00 bits per heavy atom. The Morgan fingerprint density at radius 2 is 1.71 bits per heavy atom. The molecular weight excluding hydrogens is 210 g/mol. The molecule has 1 heterocycles. The van der Waals surface area contributed by atoms with Gasteiger partial charge in [0.2, 0.25) is 0 Å². The molecule has 0 unspecified atom stereocenters. The largest absolute Gasteiger partial charge is 0.372 e. The van der Waals surface area contributed by atoms with Crippen LogP contribution in [-0.2, 0) is 4.74 Å². The molecule has 2 saturated carbocycles. The number of hydrogen-bond donors (Lipinski definition) is 1. The second-order valence-corrected chi connectivity index (χ2v) is 6.85. The molecule has 0 atom stereocenters. The molecule has 2 spiro atoms. The molecule has 1 saturated heterocycles. The van der Waals surface area contributed by atoms with Crippen molar-refractivity contribution in [2.24, 2.45) is 5.92 Å². The Hall–Kier alpha value is -0.0800.